The fourth-order valence-electron chi connectivity index (χ4n) is 3.70. The van der Waals surface area contributed by atoms with Gasteiger partial charge >= 0.3 is 0 Å². The van der Waals surface area contributed by atoms with Crippen LogP contribution in [-0.2, 0) is 13.1 Å². The van der Waals surface area contributed by atoms with E-state index in [0.717, 1.165) is 35.6 Å². The maximum atomic E-state index is 12.6. The van der Waals surface area contributed by atoms with E-state index in [-0.39, 0.29) is 5.91 Å². The van der Waals surface area contributed by atoms with Crippen molar-refractivity contribution in [2.24, 2.45) is 0 Å². The predicted octanol–water partition coefficient (Wildman–Crippen LogP) is 5.71. The summed E-state index contributed by atoms with van der Waals surface area (Å²) in [5.74, 6) is 1.51. The van der Waals surface area contributed by atoms with Crippen LogP contribution in [0.15, 0.2) is 66.7 Å². The SMILES string of the molecule is Cc1cccc(OCCCn2c(CNC(=O)c3ccccc3Cl)nc3ccccc32)c1C. The van der Waals surface area contributed by atoms with Gasteiger partial charge < -0.3 is 14.6 Å². The molecular formula is C26H26ClN3O2. The molecule has 4 aromatic rings. The van der Waals surface area contributed by atoms with Crippen LogP contribution in [-0.4, -0.2) is 22.1 Å². The van der Waals surface area contributed by atoms with E-state index in [1.807, 2.05) is 36.4 Å². The molecule has 1 heterocycles. The van der Waals surface area contributed by atoms with Crippen LogP contribution in [0.2, 0.25) is 5.02 Å². The minimum atomic E-state index is -0.215. The van der Waals surface area contributed by atoms with Gasteiger partial charge in [-0.25, -0.2) is 4.98 Å². The molecule has 0 spiro atoms. The normalized spacial score (nSPS) is 11.0. The monoisotopic (exact) mass is 447 g/mol. The molecule has 0 saturated heterocycles. The van der Waals surface area contributed by atoms with Gasteiger partial charge in [0.1, 0.15) is 11.6 Å². The first-order valence-electron chi connectivity index (χ1n) is 10.7. The van der Waals surface area contributed by atoms with Gasteiger partial charge in [-0.05, 0) is 61.7 Å². The van der Waals surface area contributed by atoms with E-state index >= 15 is 0 Å². The van der Waals surface area contributed by atoms with Gasteiger partial charge in [-0.2, -0.15) is 0 Å². The fraction of sp³-hybridized carbons (Fsp3) is 0.231. The van der Waals surface area contributed by atoms with Crippen LogP contribution in [0.4, 0.5) is 0 Å². The van der Waals surface area contributed by atoms with Crippen molar-refractivity contribution in [3.05, 3.63) is 94.3 Å². The third-order valence-corrected chi connectivity index (χ3v) is 5.93. The summed E-state index contributed by atoms with van der Waals surface area (Å²) >= 11 is 6.16. The lowest BCUT2D eigenvalue weighted by molar-refractivity contribution is 0.0949. The lowest BCUT2D eigenvalue weighted by atomic mass is 10.1. The highest BCUT2D eigenvalue weighted by Crippen LogP contribution is 2.21. The van der Waals surface area contributed by atoms with Crippen LogP contribution in [0, 0.1) is 13.8 Å². The number of fused-ring (bicyclic) bond motifs is 1. The molecule has 1 N–H and O–H groups in total. The topological polar surface area (TPSA) is 56.1 Å². The van der Waals surface area contributed by atoms with Gasteiger partial charge in [0.15, 0.2) is 0 Å². The number of aromatic nitrogens is 2. The molecule has 32 heavy (non-hydrogen) atoms. The Labute approximate surface area is 193 Å². The van der Waals surface area contributed by atoms with Crippen molar-refractivity contribution in [3.8, 4) is 5.75 Å². The molecule has 4 rings (SSSR count). The number of hydrogen-bond donors (Lipinski definition) is 1. The molecule has 6 heteroatoms. The molecule has 5 nitrogen and oxygen atoms in total. The van der Waals surface area contributed by atoms with Gasteiger partial charge in [0.05, 0.1) is 34.8 Å². The van der Waals surface area contributed by atoms with Gasteiger partial charge in [-0.3, -0.25) is 4.79 Å². The number of benzene rings is 3. The van der Waals surface area contributed by atoms with Gasteiger partial charge in [0.2, 0.25) is 0 Å². The van der Waals surface area contributed by atoms with E-state index in [4.69, 9.17) is 21.3 Å². The minimum Gasteiger partial charge on any atom is -0.493 e. The smallest absolute Gasteiger partial charge is 0.253 e. The first-order chi connectivity index (χ1) is 15.5. The Balaban J connectivity index is 1.45. The van der Waals surface area contributed by atoms with Gasteiger partial charge in [0, 0.05) is 6.54 Å². The van der Waals surface area contributed by atoms with Crippen LogP contribution < -0.4 is 10.1 Å². The summed E-state index contributed by atoms with van der Waals surface area (Å²) in [5.41, 5.74) is 4.80. The van der Waals surface area contributed by atoms with Crippen LogP contribution >= 0.6 is 11.6 Å². The summed E-state index contributed by atoms with van der Waals surface area (Å²) in [6, 6.07) is 21.1. The third kappa shape index (κ3) is 4.78. The second kappa shape index (κ2) is 9.88. The summed E-state index contributed by atoms with van der Waals surface area (Å²) in [5, 5.41) is 3.38. The standard InChI is InChI=1S/C26H26ClN3O2/c1-18-9-7-14-24(19(18)2)32-16-8-15-30-23-13-6-5-12-22(23)29-25(30)17-28-26(31)20-10-3-4-11-21(20)27/h3-7,9-14H,8,15-17H2,1-2H3,(H,28,31). The lowest BCUT2D eigenvalue weighted by Gasteiger charge is -2.13. The number of nitrogens with zero attached hydrogens (tertiary/aromatic N) is 2. The van der Waals surface area contributed by atoms with Crippen LogP contribution in [0.1, 0.15) is 33.7 Å². The number of nitrogens with one attached hydrogen (secondary N) is 1. The Hall–Kier alpha value is -3.31. The van der Waals surface area contributed by atoms with E-state index in [2.05, 4.69) is 29.8 Å². The zero-order valence-corrected chi connectivity index (χ0v) is 19.0. The van der Waals surface area contributed by atoms with Crippen molar-refractivity contribution in [3.63, 3.8) is 0 Å². The third-order valence-electron chi connectivity index (χ3n) is 5.60. The fourth-order valence-corrected chi connectivity index (χ4v) is 3.92. The van der Waals surface area contributed by atoms with Crippen molar-refractivity contribution < 1.29 is 9.53 Å². The number of imidazole rings is 1. The number of rotatable bonds is 8. The van der Waals surface area contributed by atoms with Gasteiger partial charge in [-0.15, -0.1) is 0 Å². The van der Waals surface area contributed by atoms with Crippen molar-refractivity contribution in [1.82, 2.24) is 14.9 Å². The number of ether oxygens (including phenoxy) is 1. The summed E-state index contributed by atoms with van der Waals surface area (Å²) in [6.45, 7) is 5.82. The number of hydrogen-bond acceptors (Lipinski definition) is 3. The molecule has 0 bridgehead atoms. The van der Waals surface area contributed by atoms with Gasteiger partial charge in [0.25, 0.3) is 5.91 Å². The Morgan fingerprint density at radius 1 is 1.03 bits per heavy atom. The van der Waals surface area contributed by atoms with Crippen LogP contribution in [0.25, 0.3) is 11.0 Å². The van der Waals surface area contributed by atoms with E-state index in [1.165, 1.54) is 11.1 Å². The summed E-state index contributed by atoms with van der Waals surface area (Å²) in [7, 11) is 0. The Morgan fingerprint density at radius 3 is 2.66 bits per heavy atom. The highest BCUT2D eigenvalue weighted by atomic mass is 35.5. The van der Waals surface area contributed by atoms with Crippen LogP contribution in [0.5, 0.6) is 5.75 Å². The van der Waals surface area contributed by atoms with Crippen molar-refractivity contribution in [2.75, 3.05) is 6.61 Å². The first kappa shape index (κ1) is 21.9. The van der Waals surface area contributed by atoms with Crippen molar-refractivity contribution >= 4 is 28.5 Å². The zero-order chi connectivity index (χ0) is 22.5. The molecule has 3 aromatic carbocycles. The average Bonchev–Trinajstić information content (AvgIpc) is 3.15. The van der Waals surface area contributed by atoms with E-state index in [0.29, 0.717) is 23.7 Å². The molecule has 0 radical (unpaired) electrons. The van der Waals surface area contributed by atoms with E-state index in [1.54, 1.807) is 24.3 Å². The maximum Gasteiger partial charge on any atom is 0.253 e. The largest absolute Gasteiger partial charge is 0.493 e. The molecule has 0 aliphatic rings. The highest BCUT2D eigenvalue weighted by molar-refractivity contribution is 6.33. The van der Waals surface area contributed by atoms with E-state index in [9.17, 15) is 4.79 Å². The van der Waals surface area contributed by atoms with Gasteiger partial charge in [-0.1, -0.05) is 48.0 Å². The maximum absolute atomic E-state index is 12.6. The Morgan fingerprint density at radius 2 is 1.81 bits per heavy atom. The number of aryl methyl sites for hydroxylation is 2. The zero-order valence-electron chi connectivity index (χ0n) is 18.3. The molecule has 164 valence electrons. The quantitative estimate of drug-likeness (QED) is 0.352. The summed E-state index contributed by atoms with van der Waals surface area (Å²) in [6.07, 6.45) is 0.819. The molecular weight excluding hydrogens is 422 g/mol. The van der Waals surface area contributed by atoms with Crippen molar-refractivity contribution in [1.29, 1.82) is 0 Å². The number of para-hydroxylation sites is 2. The number of carbonyl (C=O) groups is 1. The Kier molecular flexibility index (Phi) is 6.76. The predicted molar refractivity (Wildman–Crippen MR) is 128 cm³/mol. The molecule has 0 fully saturated rings. The summed E-state index contributed by atoms with van der Waals surface area (Å²) < 4.78 is 8.17. The number of halogens is 1. The molecule has 0 aliphatic carbocycles. The molecule has 0 saturated carbocycles. The minimum absolute atomic E-state index is 0.215. The first-order valence-corrected chi connectivity index (χ1v) is 11.1. The number of amides is 1. The molecule has 0 atom stereocenters. The number of carbonyl (C=O) groups excluding carboxylic acids is 1. The lowest BCUT2D eigenvalue weighted by Crippen LogP contribution is -2.25. The Bertz CT molecular complexity index is 1250. The average molecular weight is 448 g/mol. The van der Waals surface area contributed by atoms with Crippen molar-refractivity contribution in [2.45, 2.75) is 33.4 Å². The second-order valence-electron chi connectivity index (χ2n) is 7.73. The highest BCUT2D eigenvalue weighted by Gasteiger charge is 2.14. The molecule has 1 aromatic heterocycles. The van der Waals surface area contributed by atoms with Crippen LogP contribution in [0.3, 0.4) is 0 Å². The van der Waals surface area contributed by atoms with E-state index < -0.39 is 0 Å². The second-order valence-corrected chi connectivity index (χ2v) is 8.14. The molecule has 1 amide bonds. The molecule has 0 unspecified atom stereocenters. The molecule has 0 aliphatic heterocycles. The summed E-state index contributed by atoms with van der Waals surface area (Å²) in [4.78, 5) is 17.3.